The topological polar surface area (TPSA) is 57.7 Å². The van der Waals surface area contributed by atoms with Gasteiger partial charge in [-0.3, -0.25) is 9.88 Å². The highest BCUT2D eigenvalue weighted by Crippen LogP contribution is 2.10. The van der Waals surface area contributed by atoms with Crippen molar-refractivity contribution in [2.24, 2.45) is 0 Å². The third-order valence-corrected chi connectivity index (χ3v) is 4.22. The van der Waals surface area contributed by atoms with Gasteiger partial charge in [0.25, 0.3) is 0 Å². The Morgan fingerprint density at radius 2 is 1.84 bits per heavy atom. The SMILES string of the molecule is O=C(Nc1ccccc1)N(CCN1CCOCC1)Cc1ccncc1. The third-order valence-electron chi connectivity index (χ3n) is 4.22. The van der Waals surface area contributed by atoms with Crippen LogP contribution in [0.5, 0.6) is 0 Å². The lowest BCUT2D eigenvalue weighted by molar-refractivity contribution is 0.0349. The molecule has 1 aromatic heterocycles. The van der Waals surface area contributed by atoms with E-state index in [1.165, 1.54) is 0 Å². The Labute approximate surface area is 148 Å². The second-order valence-corrected chi connectivity index (χ2v) is 6.03. The van der Waals surface area contributed by atoms with Crippen LogP contribution < -0.4 is 5.32 Å². The fourth-order valence-corrected chi connectivity index (χ4v) is 2.77. The van der Waals surface area contributed by atoms with Crippen LogP contribution in [-0.4, -0.2) is 60.2 Å². The summed E-state index contributed by atoms with van der Waals surface area (Å²) in [6.45, 7) is 5.44. The fraction of sp³-hybridized carbons (Fsp3) is 0.368. The minimum Gasteiger partial charge on any atom is -0.379 e. The van der Waals surface area contributed by atoms with Gasteiger partial charge in [-0.25, -0.2) is 4.79 Å². The van der Waals surface area contributed by atoms with Crippen LogP contribution in [0.2, 0.25) is 0 Å². The van der Waals surface area contributed by atoms with Crippen molar-refractivity contribution in [1.29, 1.82) is 0 Å². The molecule has 1 aliphatic heterocycles. The predicted octanol–water partition coefficient (Wildman–Crippen LogP) is 2.45. The second kappa shape index (κ2) is 9.15. The van der Waals surface area contributed by atoms with Gasteiger partial charge in [0.1, 0.15) is 0 Å². The quantitative estimate of drug-likeness (QED) is 0.877. The van der Waals surface area contributed by atoms with E-state index in [2.05, 4.69) is 15.2 Å². The summed E-state index contributed by atoms with van der Waals surface area (Å²) in [5, 5.41) is 2.98. The van der Waals surface area contributed by atoms with E-state index in [4.69, 9.17) is 4.74 Å². The molecule has 6 heteroatoms. The van der Waals surface area contributed by atoms with Gasteiger partial charge in [0.2, 0.25) is 0 Å². The summed E-state index contributed by atoms with van der Waals surface area (Å²) < 4.78 is 5.39. The summed E-state index contributed by atoms with van der Waals surface area (Å²) in [5.41, 5.74) is 1.87. The number of hydrogen-bond donors (Lipinski definition) is 1. The van der Waals surface area contributed by atoms with E-state index < -0.39 is 0 Å². The van der Waals surface area contributed by atoms with E-state index in [0.717, 1.165) is 44.1 Å². The van der Waals surface area contributed by atoms with Crippen molar-refractivity contribution in [1.82, 2.24) is 14.8 Å². The summed E-state index contributed by atoms with van der Waals surface area (Å²) in [6, 6.07) is 13.3. The van der Waals surface area contributed by atoms with Crippen molar-refractivity contribution in [3.63, 3.8) is 0 Å². The first-order valence-electron chi connectivity index (χ1n) is 8.61. The van der Waals surface area contributed by atoms with Crippen molar-refractivity contribution in [3.8, 4) is 0 Å². The van der Waals surface area contributed by atoms with Crippen LogP contribution in [-0.2, 0) is 11.3 Å². The van der Waals surface area contributed by atoms with Crippen LogP contribution in [0.25, 0.3) is 0 Å². The van der Waals surface area contributed by atoms with Crippen molar-refractivity contribution in [2.75, 3.05) is 44.7 Å². The van der Waals surface area contributed by atoms with E-state index in [0.29, 0.717) is 13.1 Å². The van der Waals surface area contributed by atoms with E-state index in [1.807, 2.05) is 47.4 Å². The zero-order valence-corrected chi connectivity index (χ0v) is 14.3. The Bertz CT molecular complexity index is 645. The van der Waals surface area contributed by atoms with Crippen LogP contribution in [0.15, 0.2) is 54.9 Å². The largest absolute Gasteiger partial charge is 0.379 e. The van der Waals surface area contributed by atoms with E-state index in [1.54, 1.807) is 12.4 Å². The molecule has 25 heavy (non-hydrogen) atoms. The molecule has 1 N–H and O–H groups in total. The van der Waals surface area contributed by atoms with Crippen LogP contribution in [0.3, 0.4) is 0 Å². The molecule has 0 radical (unpaired) electrons. The van der Waals surface area contributed by atoms with Gasteiger partial charge in [0.05, 0.1) is 13.2 Å². The minimum atomic E-state index is -0.0868. The molecule has 1 aromatic carbocycles. The number of benzene rings is 1. The molecule has 132 valence electrons. The molecule has 2 heterocycles. The molecule has 0 bridgehead atoms. The van der Waals surface area contributed by atoms with Crippen LogP contribution in [0.1, 0.15) is 5.56 Å². The van der Waals surface area contributed by atoms with E-state index in [9.17, 15) is 4.79 Å². The van der Waals surface area contributed by atoms with Gasteiger partial charge in [0, 0.05) is 50.8 Å². The number of urea groups is 1. The van der Waals surface area contributed by atoms with Crippen molar-refractivity contribution < 1.29 is 9.53 Å². The van der Waals surface area contributed by atoms with Crippen LogP contribution >= 0.6 is 0 Å². The molecule has 3 rings (SSSR count). The molecule has 0 aliphatic carbocycles. The third kappa shape index (κ3) is 5.55. The molecule has 1 aliphatic rings. The molecule has 6 nitrogen and oxygen atoms in total. The van der Waals surface area contributed by atoms with Gasteiger partial charge in [-0.2, -0.15) is 0 Å². The van der Waals surface area contributed by atoms with Gasteiger partial charge >= 0.3 is 6.03 Å². The summed E-state index contributed by atoms with van der Waals surface area (Å²) >= 11 is 0. The normalized spacial score (nSPS) is 14.9. The standard InChI is InChI=1S/C19H24N4O2/c24-19(21-18-4-2-1-3-5-18)23(16-17-6-8-20-9-7-17)11-10-22-12-14-25-15-13-22/h1-9H,10-16H2,(H,21,24). The Morgan fingerprint density at radius 1 is 1.12 bits per heavy atom. The van der Waals surface area contributed by atoms with Crippen LogP contribution in [0, 0.1) is 0 Å². The average Bonchev–Trinajstić information content (AvgIpc) is 2.67. The number of ether oxygens (including phenoxy) is 1. The maximum Gasteiger partial charge on any atom is 0.322 e. The highest BCUT2D eigenvalue weighted by Gasteiger charge is 2.17. The molecule has 1 saturated heterocycles. The highest BCUT2D eigenvalue weighted by atomic mass is 16.5. The number of pyridine rings is 1. The number of nitrogens with one attached hydrogen (secondary N) is 1. The molecule has 2 aromatic rings. The van der Waals surface area contributed by atoms with Gasteiger partial charge in [-0.15, -0.1) is 0 Å². The Kier molecular flexibility index (Phi) is 6.36. The lowest BCUT2D eigenvalue weighted by atomic mass is 10.2. The van der Waals surface area contributed by atoms with Gasteiger partial charge in [-0.1, -0.05) is 18.2 Å². The zero-order valence-electron chi connectivity index (χ0n) is 14.3. The summed E-state index contributed by atoms with van der Waals surface area (Å²) in [5.74, 6) is 0. The van der Waals surface area contributed by atoms with Gasteiger partial charge < -0.3 is 15.0 Å². The van der Waals surface area contributed by atoms with E-state index >= 15 is 0 Å². The second-order valence-electron chi connectivity index (χ2n) is 6.03. The lowest BCUT2D eigenvalue weighted by Crippen LogP contribution is -2.44. The number of carbonyl (C=O) groups excluding carboxylic acids is 1. The Hall–Kier alpha value is -2.44. The van der Waals surface area contributed by atoms with Crippen LogP contribution in [0.4, 0.5) is 10.5 Å². The van der Waals surface area contributed by atoms with Crippen molar-refractivity contribution in [2.45, 2.75) is 6.54 Å². The number of hydrogen-bond acceptors (Lipinski definition) is 4. The summed E-state index contributed by atoms with van der Waals surface area (Å²) in [4.78, 5) is 21.0. The fourth-order valence-electron chi connectivity index (χ4n) is 2.77. The first-order chi connectivity index (χ1) is 12.3. The van der Waals surface area contributed by atoms with Crippen molar-refractivity contribution >= 4 is 11.7 Å². The molecule has 0 unspecified atom stereocenters. The highest BCUT2D eigenvalue weighted by molar-refractivity contribution is 5.89. The number of aromatic nitrogens is 1. The predicted molar refractivity (Wildman–Crippen MR) is 97.4 cm³/mol. The van der Waals surface area contributed by atoms with Crippen molar-refractivity contribution in [3.05, 3.63) is 60.4 Å². The molecule has 1 fully saturated rings. The zero-order chi connectivity index (χ0) is 17.3. The summed E-state index contributed by atoms with van der Waals surface area (Å²) in [6.07, 6.45) is 3.51. The molecule has 0 spiro atoms. The smallest absolute Gasteiger partial charge is 0.322 e. The lowest BCUT2D eigenvalue weighted by Gasteiger charge is -2.30. The molecule has 2 amide bonds. The number of morpholine rings is 1. The Balaban J connectivity index is 1.63. The number of carbonyl (C=O) groups is 1. The molecular weight excluding hydrogens is 316 g/mol. The first-order valence-corrected chi connectivity index (χ1v) is 8.61. The minimum absolute atomic E-state index is 0.0868. The number of nitrogens with zero attached hydrogens (tertiary/aromatic N) is 3. The average molecular weight is 340 g/mol. The number of anilines is 1. The maximum atomic E-state index is 12.7. The Morgan fingerprint density at radius 3 is 2.56 bits per heavy atom. The maximum absolute atomic E-state index is 12.7. The molecule has 0 atom stereocenters. The van der Waals surface area contributed by atoms with E-state index in [-0.39, 0.29) is 6.03 Å². The summed E-state index contributed by atoms with van der Waals surface area (Å²) in [7, 11) is 0. The molecule has 0 saturated carbocycles. The first kappa shape index (κ1) is 17.4. The van der Waals surface area contributed by atoms with Gasteiger partial charge in [0.15, 0.2) is 0 Å². The number of para-hydroxylation sites is 1. The number of rotatable bonds is 6. The van der Waals surface area contributed by atoms with Gasteiger partial charge in [-0.05, 0) is 29.8 Å². The monoisotopic (exact) mass is 340 g/mol. The molecular formula is C19H24N4O2. The number of amides is 2.